The maximum atomic E-state index is 10.8. The second kappa shape index (κ2) is 4.56. The molecule has 1 unspecified atom stereocenters. The van der Waals surface area contributed by atoms with E-state index in [0.29, 0.717) is 0 Å². The average molecular weight is 251 g/mol. The van der Waals surface area contributed by atoms with E-state index in [0.717, 1.165) is 33.2 Å². The lowest BCUT2D eigenvalue weighted by Gasteiger charge is -2.17. The van der Waals surface area contributed by atoms with E-state index < -0.39 is 6.10 Å². The van der Waals surface area contributed by atoms with Crippen molar-refractivity contribution >= 4 is 10.9 Å². The van der Waals surface area contributed by atoms with Crippen LogP contribution in [-0.2, 0) is 0 Å². The minimum atomic E-state index is -0.583. The number of aliphatic hydroxyl groups excluding tert-OH is 1. The number of hydrogen-bond donors (Lipinski definition) is 2. The number of aromatic nitrogens is 1. The molecule has 0 saturated heterocycles. The minimum Gasteiger partial charge on any atom is -0.384 e. The van der Waals surface area contributed by atoms with E-state index in [1.165, 1.54) is 0 Å². The van der Waals surface area contributed by atoms with Crippen LogP contribution in [0.1, 0.15) is 28.4 Å². The molecule has 0 aliphatic heterocycles. The highest BCUT2D eigenvalue weighted by molar-refractivity contribution is 5.83. The molecule has 0 amide bonds. The number of hydrogen-bond acceptors (Lipinski definition) is 1. The van der Waals surface area contributed by atoms with Crippen LogP contribution in [0.15, 0.2) is 48.7 Å². The fourth-order valence-corrected chi connectivity index (χ4v) is 2.76. The summed E-state index contributed by atoms with van der Waals surface area (Å²) in [5.74, 6) is 0. The summed E-state index contributed by atoms with van der Waals surface area (Å²) in [7, 11) is 0. The van der Waals surface area contributed by atoms with Crippen molar-refractivity contribution in [1.29, 1.82) is 0 Å². The maximum Gasteiger partial charge on any atom is 0.105 e. The fraction of sp³-hybridized carbons (Fsp3) is 0.176. The summed E-state index contributed by atoms with van der Waals surface area (Å²) in [5.41, 5.74) is 5.27. The van der Waals surface area contributed by atoms with Gasteiger partial charge in [0.15, 0.2) is 0 Å². The van der Waals surface area contributed by atoms with Crippen LogP contribution in [0.4, 0.5) is 0 Å². The van der Waals surface area contributed by atoms with E-state index in [1.807, 2.05) is 62.5 Å². The number of nitrogens with one attached hydrogen (secondary N) is 1. The van der Waals surface area contributed by atoms with Crippen LogP contribution in [0.25, 0.3) is 10.9 Å². The molecule has 0 saturated carbocycles. The number of H-pyrrole nitrogens is 1. The van der Waals surface area contributed by atoms with Crippen molar-refractivity contribution in [1.82, 2.24) is 4.98 Å². The Labute approximate surface area is 112 Å². The lowest BCUT2D eigenvalue weighted by atomic mass is 9.92. The van der Waals surface area contributed by atoms with Crippen molar-refractivity contribution < 1.29 is 5.11 Å². The fourth-order valence-electron chi connectivity index (χ4n) is 2.76. The molecule has 1 heterocycles. The van der Waals surface area contributed by atoms with Gasteiger partial charge in [-0.25, -0.2) is 0 Å². The molecular formula is C17H17NO. The van der Waals surface area contributed by atoms with Crippen LogP contribution in [0.2, 0.25) is 0 Å². The van der Waals surface area contributed by atoms with Crippen molar-refractivity contribution in [3.8, 4) is 0 Å². The highest BCUT2D eigenvalue weighted by Gasteiger charge is 2.17. The summed E-state index contributed by atoms with van der Waals surface area (Å²) < 4.78 is 0. The first-order valence-corrected chi connectivity index (χ1v) is 6.48. The molecular weight excluding hydrogens is 234 g/mol. The second-order valence-corrected chi connectivity index (χ2v) is 4.99. The van der Waals surface area contributed by atoms with Crippen LogP contribution in [0.3, 0.4) is 0 Å². The summed E-state index contributed by atoms with van der Waals surface area (Å²) >= 11 is 0. The molecule has 0 radical (unpaired) electrons. The molecule has 96 valence electrons. The van der Waals surface area contributed by atoms with Gasteiger partial charge in [0, 0.05) is 17.1 Å². The van der Waals surface area contributed by atoms with Gasteiger partial charge in [0.2, 0.25) is 0 Å². The summed E-state index contributed by atoms with van der Waals surface area (Å²) in [6.45, 7) is 4.09. The van der Waals surface area contributed by atoms with E-state index in [1.54, 1.807) is 0 Å². The van der Waals surface area contributed by atoms with Crippen molar-refractivity contribution in [2.24, 2.45) is 0 Å². The molecule has 2 nitrogen and oxygen atoms in total. The summed E-state index contributed by atoms with van der Waals surface area (Å²) in [6, 6.07) is 14.1. The van der Waals surface area contributed by atoms with Gasteiger partial charge in [-0.1, -0.05) is 30.3 Å². The molecule has 0 fully saturated rings. The summed E-state index contributed by atoms with van der Waals surface area (Å²) in [5, 5.41) is 11.8. The zero-order valence-electron chi connectivity index (χ0n) is 11.1. The Hall–Kier alpha value is -2.06. The molecule has 0 bridgehead atoms. The van der Waals surface area contributed by atoms with E-state index in [4.69, 9.17) is 0 Å². The Morgan fingerprint density at radius 3 is 2.37 bits per heavy atom. The first-order chi connectivity index (χ1) is 9.18. The first-order valence-electron chi connectivity index (χ1n) is 6.48. The molecule has 0 aliphatic carbocycles. The summed E-state index contributed by atoms with van der Waals surface area (Å²) in [4.78, 5) is 3.18. The Morgan fingerprint density at radius 1 is 0.947 bits per heavy atom. The van der Waals surface area contributed by atoms with Gasteiger partial charge in [0.25, 0.3) is 0 Å². The molecule has 1 atom stereocenters. The third-order valence-electron chi connectivity index (χ3n) is 3.74. The van der Waals surface area contributed by atoms with Gasteiger partial charge < -0.3 is 10.1 Å². The number of benzene rings is 2. The number of aryl methyl sites for hydroxylation is 2. The smallest absolute Gasteiger partial charge is 0.105 e. The van der Waals surface area contributed by atoms with Crippen LogP contribution in [0, 0.1) is 13.8 Å². The largest absolute Gasteiger partial charge is 0.384 e. The second-order valence-electron chi connectivity index (χ2n) is 4.99. The van der Waals surface area contributed by atoms with Gasteiger partial charge in [0.1, 0.15) is 6.10 Å². The third kappa shape index (κ3) is 1.94. The van der Waals surface area contributed by atoms with Gasteiger partial charge in [-0.15, -0.1) is 0 Å². The van der Waals surface area contributed by atoms with Gasteiger partial charge in [0.05, 0.1) is 0 Å². The molecule has 2 heteroatoms. The molecule has 0 aliphatic rings. The van der Waals surface area contributed by atoms with Crippen LogP contribution in [0.5, 0.6) is 0 Å². The van der Waals surface area contributed by atoms with Gasteiger partial charge >= 0.3 is 0 Å². The maximum absolute atomic E-state index is 10.8. The zero-order chi connectivity index (χ0) is 13.4. The predicted molar refractivity (Wildman–Crippen MR) is 78.3 cm³/mol. The Bertz CT molecular complexity index is 707. The van der Waals surface area contributed by atoms with Crippen molar-refractivity contribution in [2.75, 3.05) is 0 Å². The molecule has 19 heavy (non-hydrogen) atoms. The van der Waals surface area contributed by atoms with E-state index in [9.17, 15) is 5.11 Å². The lowest BCUT2D eigenvalue weighted by molar-refractivity contribution is 0.220. The number of fused-ring (bicyclic) bond motifs is 1. The van der Waals surface area contributed by atoms with E-state index in [-0.39, 0.29) is 0 Å². The van der Waals surface area contributed by atoms with Crippen molar-refractivity contribution in [3.63, 3.8) is 0 Å². The first kappa shape index (κ1) is 12.0. The molecule has 0 spiro atoms. The highest BCUT2D eigenvalue weighted by Crippen LogP contribution is 2.31. The Balaban J connectivity index is 2.19. The monoisotopic (exact) mass is 251 g/mol. The van der Waals surface area contributed by atoms with Crippen molar-refractivity contribution in [3.05, 3.63) is 70.9 Å². The van der Waals surface area contributed by atoms with Gasteiger partial charge in [-0.05, 0) is 48.2 Å². The molecule has 2 aromatic carbocycles. The lowest BCUT2D eigenvalue weighted by Crippen LogP contribution is -2.04. The molecule has 2 N–H and O–H groups in total. The van der Waals surface area contributed by atoms with Crippen LogP contribution in [-0.4, -0.2) is 10.1 Å². The topological polar surface area (TPSA) is 36.0 Å². The minimum absolute atomic E-state index is 0.583. The third-order valence-corrected chi connectivity index (χ3v) is 3.74. The van der Waals surface area contributed by atoms with E-state index in [2.05, 4.69) is 4.98 Å². The standard InChI is InChI=1S/C17H17NO/c1-11-5-3-6-12(2)16(11)17(19)14-7-4-8-15-13(14)9-10-18-15/h3-10,17-19H,1-2H3. The number of aromatic amines is 1. The normalized spacial score (nSPS) is 12.8. The molecule has 1 aromatic heterocycles. The highest BCUT2D eigenvalue weighted by atomic mass is 16.3. The van der Waals surface area contributed by atoms with Crippen LogP contribution < -0.4 is 0 Å². The Morgan fingerprint density at radius 2 is 1.63 bits per heavy atom. The average Bonchev–Trinajstić information content (AvgIpc) is 2.86. The predicted octanol–water partition coefficient (Wildman–Crippen LogP) is 3.87. The Kier molecular flexibility index (Phi) is 2.88. The zero-order valence-corrected chi connectivity index (χ0v) is 11.1. The van der Waals surface area contributed by atoms with E-state index >= 15 is 0 Å². The number of rotatable bonds is 2. The summed E-state index contributed by atoms with van der Waals surface area (Å²) in [6.07, 6.45) is 1.33. The molecule has 3 rings (SSSR count). The van der Waals surface area contributed by atoms with Gasteiger partial charge in [-0.2, -0.15) is 0 Å². The SMILES string of the molecule is Cc1cccc(C)c1C(O)c1cccc2[nH]ccc12. The molecule has 3 aromatic rings. The quantitative estimate of drug-likeness (QED) is 0.712. The van der Waals surface area contributed by atoms with Gasteiger partial charge in [-0.3, -0.25) is 0 Å². The van der Waals surface area contributed by atoms with Crippen molar-refractivity contribution in [2.45, 2.75) is 20.0 Å². The van der Waals surface area contributed by atoms with Crippen LogP contribution >= 0.6 is 0 Å². The number of aliphatic hydroxyl groups is 1.